The first-order valence-corrected chi connectivity index (χ1v) is 5.53. The quantitative estimate of drug-likeness (QED) is 0.664. The van der Waals surface area contributed by atoms with Crippen LogP contribution in [0.15, 0.2) is 0 Å². The number of nitrogens with one attached hydrogen (secondary N) is 1. The van der Waals surface area contributed by atoms with Crippen LogP contribution < -0.4 is 5.73 Å². The van der Waals surface area contributed by atoms with Crippen molar-refractivity contribution >= 4 is 0 Å². The van der Waals surface area contributed by atoms with Gasteiger partial charge in [0.1, 0.15) is 11.6 Å². The first-order valence-electron chi connectivity index (χ1n) is 5.53. The van der Waals surface area contributed by atoms with Crippen molar-refractivity contribution in [2.24, 2.45) is 11.7 Å². The van der Waals surface area contributed by atoms with E-state index in [0.29, 0.717) is 12.5 Å². The zero-order valence-corrected chi connectivity index (χ0v) is 8.98. The Morgan fingerprint density at radius 3 is 2.87 bits per heavy atom. The molecule has 1 aliphatic carbocycles. The van der Waals surface area contributed by atoms with Crippen LogP contribution in [0.2, 0.25) is 0 Å². The van der Waals surface area contributed by atoms with Gasteiger partial charge in [0, 0.05) is 12.3 Å². The third-order valence-corrected chi connectivity index (χ3v) is 3.21. The van der Waals surface area contributed by atoms with Crippen molar-refractivity contribution in [3.63, 3.8) is 0 Å². The summed E-state index contributed by atoms with van der Waals surface area (Å²) in [5.74, 6) is 2.25. The van der Waals surface area contributed by atoms with Gasteiger partial charge in [-0.15, -0.1) is 0 Å². The van der Waals surface area contributed by atoms with E-state index in [1.165, 1.54) is 0 Å². The summed E-state index contributed by atoms with van der Waals surface area (Å²) in [6, 6.07) is 0. The molecule has 0 unspecified atom stereocenters. The first-order chi connectivity index (χ1) is 7.24. The number of hydrogen-bond acceptors (Lipinski definition) is 4. The average molecular weight is 210 g/mol. The van der Waals surface area contributed by atoms with Crippen LogP contribution in [0.3, 0.4) is 0 Å². The minimum atomic E-state index is -0.282. The SMILES string of the molecule is CCc1n[nH]c([C@H]2C[C@H](CN)[C@H](O)C2)n1. The Balaban J connectivity index is 2.06. The van der Waals surface area contributed by atoms with Gasteiger partial charge >= 0.3 is 0 Å². The second-order valence-electron chi connectivity index (χ2n) is 4.22. The minimum absolute atomic E-state index is 0.213. The molecule has 2 rings (SSSR count). The Labute approximate surface area is 89.1 Å². The van der Waals surface area contributed by atoms with Crippen molar-refractivity contribution in [1.29, 1.82) is 0 Å². The van der Waals surface area contributed by atoms with Gasteiger partial charge in [-0.2, -0.15) is 5.10 Å². The van der Waals surface area contributed by atoms with Gasteiger partial charge in [-0.1, -0.05) is 6.92 Å². The van der Waals surface area contributed by atoms with Gasteiger partial charge in [-0.25, -0.2) is 4.98 Å². The molecule has 1 heterocycles. The number of nitrogens with zero attached hydrogens (tertiary/aromatic N) is 2. The molecule has 15 heavy (non-hydrogen) atoms. The van der Waals surface area contributed by atoms with Gasteiger partial charge in [0.25, 0.3) is 0 Å². The summed E-state index contributed by atoms with van der Waals surface area (Å²) in [6.45, 7) is 2.57. The molecule has 1 fully saturated rings. The predicted molar refractivity (Wildman–Crippen MR) is 56.3 cm³/mol. The highest BCUT2D eigenvalue weighted by Crippen LogP contribution is 2.36. The molecule has 1 aliphatic rings. The summed E-state index contributed by atoms with van der Waals surface area (Å²) in [7, 11) is 0. The molecule has 5 heteroatoms. The zero-order chi connectivity index (χ0) is 10.8. The molecule has 0 aliphatic heterocycles. The van der Waals surface area contributed by atoms with E-state index in [2.05, 4.69) is 15.2 Å². The highest BCUT2D eigenvalue weighted by molar-refractivity contribution is 5.03. The highest BCUT2D eigenvalue weighted by atomic mass is 16.3. The van der Waals surface area contributed by atoms with Crippen LogP contribution in [-0.2, 0) is 6.42 Å². The second-order valence-corrected chi connectivity index (χ2v) is 4.22. The predicted octanol–water partition coefficient (Wildman–Crippen LogP) is 0.180. The van der Waals surface area contributed by atoms with Gasteiger partial charge in [0.05, 0.1) is 6.10 Å². The molecule has 3 atom stereocenters. The summed E-state index contributed by atoms with van der Waals surface area (Å²) in [4.78, 5) is 4.40. The number of aryl methyl sites for hydroxylation is 1. The average Bonchev–Trinajstić information content (AvgIpc) is 2.83. The number of hydrogen-bond donors (Lipinski definition) is 3. The summed E-state index contributed by atoms with van der Waals surface area (Å²) in [5.41, 5.74) is 5.59. The Bertz CT molecular complexity index is 325. The number of rotatable bonds is 3. The number of aliphatic hydroxyl groups excluding tert-OH is 1. The first kappa shape index (κ1) is 10.6. The van der Waals surface area contributed by atoms with Crippen LogP contribution >= 0.6 is 0 Å². The maximum atomic E-state index is 9.74. The molecule has 5 nitrogen and oxygen atoms in total. The fourth-order valence-electron chi connectivity index (χ4n) is 2.23. The maximum Gasteiger partial charge on any atom is 0.150 e. The minimum Gasteiger partial charge on any atom is -0.393 e. The number of nitrogens with two attached hydrogens (primary N) is 1. The van der Waals surface area contributed by atoms with Gasteiger partial charge in [-0.3, -0.25) is 5.10 Å². The molecule has 1 saturated carbocycles. The van der Waals surface area contributed by atoms with E-state index in [1.54, 1.807) is 0 Å². The Hall–Kier alpha value is -0.940. The maximum absolute atomic E-state index is 9.74. The van der Waals surface area contributed by atoms with Gasteiger partial charge < -0.3 is 10.8 Å². The van der Waals surface area contributed by atoms with Crippen LogP contribution in [-0.4, -0.2) is 32.9 Å². The van der Waals surface area contributed by atoms with Gasteiger partial charge in [-0.05, 0) is 25.3 Å². The molecule has 4 N–H and O–H groups in total. The van der Waals surface area contributed by atoms with Crippen LogP contribution in [0.25, 0.3) is 0 Å². The number of aromatic amines is 1. The topological polar surface area (TPSA) is 87.8 Å². The third-order valence-electron chi connectivity index (χ3n) is 3.21. The molecular formula is C10H18N4O. The molecule has 0 bridgehead atoms. The van der Waals surface area contributed by atoms with E-state index in [4.69, 9.17) is 5.73 Å². The monoisotopic (exact) mass is 210 g/mol. The fraction of sp³-hybridized carbons (Fsp3) is 0.800. The molecule has 1 aromatic rings. The van der Waals surface area contributed by atoms with Crippen LogP contribution in [0.4, 0.5) is 0 Å². The number of aromatic nitrogens is 3. The largest absolute Gasteiger partial charge is 0.393 e. The summed E-state index contributed by atoms with van der Waals surface area (Å²) >= 11 is 0. The zero-order valence-electron chi connectivity index (χ0n) is 8.98. The lowest BCUT2D eigenvalue weighted by Crippen LogP contribution is -2.21. The van der Waals surface area contributed by atoms with E-state index in [0.717, 1.165) is 30.9 Å². The Morgan fingerprint density at radius 1 is 1.53 bits per heavy atom. The Morgan fingerprint density at radius 2 is 2.33 bits per heavy atom. The smallest absolute Gasteiger partial charge is 0.150 e. The molecule has 0 saturated heterocycles. The Kier molecular flexibility index (Phi) is 3.02. The molecule has 84 valence electrons. The molecule has 0 aromatic carbocycles. The third kappa shape index (κ3) is 2.03. The molecular weight excluding hydrogens is 192 g/mol. The van der Waals surface area contributed by atoms with Crippen molar-refractivity contribution in [3.8, 4) is 0 Å². The lowest BCUT2D eigenvalue weighted by atomic mass is 10.0. The van der Waals surface area contributed by atoms with E-state index in [9.17, 15) is 5.11 Å². The fourth-order valence-corrected chi connectivity index (χ4v) is 2.23. The van der Waals surface area contributed by atoms with Crippen LogP contribution in [0, 0.1) is 5.92 Å². The lowest BCUT2D eigenvalue weighted by Gasteiger charge is -2.09. The number of H-pyrrole nitrogens is 1. The highest BCUT2D eigenvalue weighted by Gasteiger charge is 2.34. The molecule has 1 aromatic heterocycles. The van der Waals surface area contributed by atoms with Gasteiger partial charge in [0.15, 0.2) is 0 Å². The molecule has 0 radical (unpaired) electrons. The van der Waals surface area contributed by atoms with E-state index in [1.807, 2.05) is 6.92 Å². The van der Waals surface area contributed by atoms with Crippen molar-refractivity contribution in [1.82, 2.24) is 15.2 Å². The van der Waals surface area contributed by atoms with E-state index >= 15 is 0 Å². The van der Waals surface area contributed by atoms with Crippen LogP contribution in [0.1, 0.15) is 37.3 Å². The molecule has 0 amide bonds. The standard InChI is InChI=1S/C10H18N4O/c1-2-9-12-10(14-13-9)6-3-7(5-11)8(15)4-6/h6-8,15H,2-5,11H2,1H3,(H,12,13,14)/t6-,7+,8+/m0/s1. The van der Waals surface area contributed by atoms with Crippen molar-refractivity contribution in [2.45, 2.75) is 38.2 Å². The van der Waals surface area contributed by atoms with Crippen LogP contribution in [0.5, 0.6) is 0 Å². The number of aliphatic hydroxyl groups is 1. The lowest BCUT2D eigenvalue weighted by molar-refractivity contribution is 0.136. The van der Waals surface area contributed by atoms with E-state index < -0.39 is 0 Å². The molecule has 0 spiro atoms. The normalized spacial score (nSPS) is 31.0. The van der Waals surface area contributed by atoms with Crippen molar-refractivity contribution in [3.05, 3.63) is 11.6 Å². The summed E-state index contributed by atoms with van der Waals surface area (Å²) in [5, 5.41) is 16.8. The summed E-state index contributed by atoms with van der Waals surface area (Å²) in [6.07, 6.45) is 2.22. The van der Waals surface area contributed by atoms with E-state index in [-0.39, 0.29) is 12.0 Å². The van der Waals surface area contributed by atoms with Crippen molar-refractivity contribution < 1.29 is 5.11 Å². The van der Waals surface area contributed by atoms with Crippen molar-refractivity contribution in [2.75, 3.05) is 6.54 Å². The second kappa shape index (κ2) is 4.28. The summed E-state index contributed by atoms with van der Waals surface area (Å²) < 4.78 is 0. The van der Waals surface area contributed by atoms with Gasteiger partial charge in [0.2, 0.25) is 0 Å².